The third kappa shape index (κ3) is 5.16. The molecule has 4 aromatic carbocycles. The maximum absolute atomic E-state index is 7.45. The van der Waals surface area contributed by atoms with Crippen molar-refractivity contribution >= 4 is 24.1 Å². The summed E-state index contributed by atoms with van der Waals surface area (Å²) in [5.74, 6) is 1.97. The van der Waals surface area contributed by atoms with Gasteiger partial charge in [0.15, 0.2) is 0 Å². The normalized spacial score (nSPS) is 26.7. The second-order valence-electron chi connectivity index (χ2n) is 12.6. The van der Waals surface area contributed by atoms with Crippen LogP contribution in [0.5, 0.6) is 5.75 Å². The lowest BCUT2D eigenvalue weighted by Gasteiger charge is -2.47. The molecular weight excluding hydrogens is 543 g/mol. The van der Waals surface area contributed by atoms with Crippen molar-refractivity contribution in [1.29, 1.82) is 0 Å². The SMILES string of the molecule is COc1ccc(C2=N[N@+]3(CC4CCCCC4)[C@@H](/C=C/c4ccccc4)[C@@H](c4ccccc4)O[B-]3(c3ccc(C)cc3)O2)cc1. The van der Waals surface area contributed by atoms with E-state index >= 15 is 0 Å². The summed E-state index contributed by atoms with van der Waals surface area (Å²) in [6.07, 6.45) is 10.6. The van der Waals surface area contributed by atoms with Gasteiger partial charge in [0.1, 0.15) is 17.9 Å². The van der Waals surface area contributed by atoms with E-state index in [1.54, 1.807) is 7.11 Å². The van der Waals surface area contributed by atoms with E-state index in [1.807, 2.05) is 24.3 Å². The molecule has 0 spiro atoms. The minimum Gasteiger partial charge on any atom is -0.618 e. The average Bonchev–Trinajstić information content (AvgIpc) is 3.53. The number of aryl methyl sites for hydroxylation is 1. The molecule has 1 saturated heterocycles. The van der Waals surface area contributed by atoms with Gasteiger partial charge < -0.3 is 18.5 Å². The number of hydrogen-bond acceptors (Lipinski definition) is 4. The molecule has 2 heterocycles. The number of rotatable bonds is 8. The van der Waals surface area contributed by atoms with E-state index in [1.165, 1.54) is 37.7 Å². The summed E-state index contributed by atoms with van der Waals surface area (Å²) in [6, 6.07) is 37.8. The van der Waals surface area contributed by atoms with E-state index in [4.69, 9.17) is 19.1 Å². The predicted molar refractivity (Wildman–Crippen MR) is 178 cm³/mol. The summed E-state index contributed by atoms with van der Waals surface area (Å²) in [4.78, 5) is 0. The number of methoxy groups -OCH3 is 1. The first-order valence-corrected chi connectivity index (χ1v) is 16.1. The minimum atomic E-state index is -2.11. The summed E-state index contributed by atoms with van der Waals surface area (Å²) in [5.41, 5.74) is 5.49. The molecule has 7 rings (SSSR count). The Labute approximate surface area is 261 Å². The van der Waals surface area contributed by atoms with E-state index in [0.29, 0.717) is 16.3 Å². The van der Waals surface area contributed by atoms with Gasteiger partial charge in [-0.2, -0.15) is 0 Å². The molecule has 224 valence electrons. The highest BCUT2D eigenvalue weighted by atomic mass is 16.7. The zero-order valence-electron chi connectivity index (χ0n) is 25.7. The lowest BCUT2D eigenvalue weighted by Crippen LogP contribution is -2.71. The zero-order valence-corrected chi connectivity index (χ0v) is 25.7. The molecule has 44 heavy (non-hydrogen) atoms. The molecule has 5 nitrogen and oxygen atoms in total. The van der Waals surface area contributed by atoms with E-state index < -0.39 is 6.69 Å². The monoisotopic (exact) mass is 584 g/mol. The second kappa shape index (κ2) is 12.1. The van der Waals surface area contributed by atoms with Crippen molar-refractivity contribution in [3.05, 3.63) is 138 Å². The number of quaternary nitrogens is 1. The molecule has 4 atom stereocenters. The smallest absolute Gasteiger partial charge is 0.583 e. The summed E-state index contributed by atoms with van der Waals surface area (Å²) < 4.78 is 20.5. The maximum atomic E-state index is 7.45. The first-order valence-electron chi connectivity index (χ1n) is 16.1. The number of nitrogens with zero attached hydrogens (tertiary/aromatic N) is 2. The van der Waals surface area contributed by atoms with Crippen molar-refractivity contribution in [3.63, 3.8) is 0 Å². The van der Waals surface area contributed by atoms with Gasteiger partial charge in [-0.1, -0.05) is 126 Å². The van der Waals surface area contributed by atoms with Crippen LogP contribution in [0.4, 0.5) is 0 Å². The highest BCUT2D eigenvalue weighted by molar-refractivity contribution is 6.77. The first kappa shape index (κ1) is 28.6. The lowest BCUT2D eigenvalue weighted by molar-refractivity contribution is -0.858. The number of fused-ring (bicyclic) bond motifs is 1. The predicted octanol–water partition coefficient (Wildman–Crippen LogP) is 7.79. The molecule has 1 saturated carbocycles. The quantitative estimate of drug-likeness (QED) is 0.199. The Bertz CT molecular complexity index is 1620. The second-order valence-corrected chi connectivity index (χ2v) is 12.6. The van der Waals surface area contributed by atoms with Gasteiger partial charge in [-0.3, -0.25) is 0 Å². The summed E-state index contributed by atoms with van der Waals surface area (Å²) in [7, 11) is 1.69. The van der Waals surface area contributed by atoms with Gasteiger partial charge in [-0.15, -0.1) is 0 Å². The van der Waals surface area contributed by atoms with Crippen LogP contribution in [-0.2, 0) is 9.31 Å². The van der Waals surface area contributed by atoms with E-state index in [-0.39, 0.29) is 12.1 Å². The molecule has 0 bridgehead atoms. The summed E-state index contributed by atoms with van der Waals surface area (Å²) in [5, 5.41) is 5.68. The van der Waals surface area contributed by atoms with E-state index in [9.17, 15) is 0 Å². The Morgan fingerprint density at radius 1 is 0.841 bits per heavy atom. The van der Waals surface area contributed by atoms with Crippen LogP contribution in [0.25, 0.3) is 6.08 Å². The van der Waals surface area contributed by atoms with Crippen molar-refractivity contribution in [3.8, 4) is 5.75 Å². The Hall–Kier alpha value is -4.13. The molecule has 2 fully saturated rings. The molecule has 4 aromatic rings. The van der Waals surface area contributed by atoms with Crippen molar-refractivity contribution in [1.82, 2.24) is 0 Å². The molecule has 6 heteroatoms. The number of hydrogen-bond donors (Lipinski definition) is 0. The topological polar surface area (TPSA) is 40.0 Å². The zero-order chi connectivity index (χ0) is 30.0. The fourth-order valence-electron chi connectivity index (χ4n) is 7.55. The average molecular weight is 585 g/mol. The van der Waals surface area contributed by atoms with Crippen LogP contribution >= 0.6 is 0 Å². The third-order valence-electron chi connectivity index (χ3n) is 9.82. The van der Waals surface area contributed by atoms with Crippen molar-refractivity contribution < 1.29 is 18.5 Å². The van der Waals surface area contributed by atoms with Gasteiger partial charge in [0.05, 0.1) is 13.7 Å². The third-order valence-corrected chi connectivity index (χ3v) is 9.82. The summed E-state index contributed by atoms with van der Waals surface area (Å²) in [6.45, 7) is 0.874. The number of benzene rings is 4. The van der Waals surface area contributed by atoms with Crippen LogP contribution in [0.2, 0.25) is 0 Å². The molecule has 1 unspecified atom stereocenters. The summed E-state index contributed by atoms with van der Waals surface area (Å²) >= 11 is 0. The van der Waals surface area contributed by atoms with Crippen LogP contribution in [-0.4, -0.2) is 36.8 Å². The first-order chi connectivity index (χ1) is 21.6. The van der Waals surface area contributed by atoms with Gasteiger partial charge in [0.25, 0.3) is 0 Å². The lowest BCUT2D eigenvalue weighted by atomic mass is 9.60. The molecule has 0 aromatic heterocycles. The van der Waals surface area contributed by atoms with Crippen LogP contribution in [0.3, 0.4) is 0 Å². The number of ether oxygens (including phenoxy) is 1. The molecule has 0 radical (unpaired) electrons. The largest absolute Gasteiger partial charge is 0.618 e. The Balaban J connectivity index is 1.45. The molecule has 1 aliphatic carbocycles. The molecule has 3 aliphatic rings. The van der Waals surface area contributed by atoms with Crippen LogP contribution in [0.15, 0.2) is 120 Å². The van der Waals surface area contributed by atoms with Gasteiger partial charge in [-0.05, 0) is 61.2 Å². The van der Waals surface area contributed by atoms with E-state index in [2.05, 4.69) is 104 Å². The van der Waals surface area contributed by atoms with Gasteiger partial charge in [-0.25, -0.2) is 0 Å². The fraction of sp³-hybridized carbons (Fsp3) is 0.289. The molecule has 2 aliphatic heterocycles. The maximum Gasteiger partial charge on any atom is 0.583 e. The van der Waals surface area contributed by atoms with Crippen molar-refractivity contribution in [2.24, 2.45) is 11.0 Å². The van der Waals surface area contributed by atoms with Crippen molar-refractivity contribution in [2.45, 2.75) is 51.2 Å². The van der Waals surface area contributed by atoms with Gasteiger partial charge >= 0.3 is 6.69 Å². The van der Waals surface area contributed by atoms with E-state index in [0.717, 1.165) is 34.4 Å². The Morgan fingerprint density at radius 2 is 1.52 bits per heavy atom. The Kier molecular flexibility index (Phi) is 7.88. The van der Waals surface area contributed by atoms with Crippen LogP contribution in [0, 0.1) is 12.8 Å². The van der Waals surface area contributed by atoms with Crippen LogP contribution < -0.4 is 10.2 Å². The minimum absolute atomic E-state index is 0.100. The standard InChI is InChI=1S/C38H41BN2O3/c1-29-18-23-34(24-19-29)39-41(28-31-14-8-4-9-15-31,40-38(44-39)33-21-25-35(42-2)26-22-33)36(27-20-30-12-6-3-7-13-30)37(43-39)32-16-10-5-11-17-32/h3,5-7,10-13,16-27,31,36-37H,4,8-9,14-15,28H2,1-2H3/b27-20+/t36-,37+,39?,41+/m0/s1. The molecular formula is C38H41BN2O3. The van der Waals surface area contributed by atoms with Gasteiger partial charge in [0, 0.05) is 11.5 Å². The van der Waals surface area contributed by atoms with Crippen molar-refractivity contribution in [2.75, 3.05) is 13.7 Å². The molecule has 0 N–H and O–H groups in total. The van der Waals surface area contributed by atoms with Crippen LogP contribution in [0.1, 0.15) is 60.5 Å². The highest BCUT2D eigenvalue weighted by Crippen LogP contribution is 2.51. The van der Waals surface area contributed by atoms with Gasteiger partial charge in [0.2, 0.25) is 5.90 Å². The fourth-order valence-corrected chi connectivity index (χ4v) is 7.55. The Morgan fingerprint density at radius 3 is 2.20 bits per heavy atom. The highest BCUT2D eigenvalue weighted by Gasteiger charge is 2.70. The molecule has 0 amide bonds.